The third kappa shape index (κ3) is 4.16. The van der Waals surface area contributed by atoms with Gasteiger partial charge in [-0.05, 0) is 18.5 Å². The van der Waals surface area contributed by atoms with Crippen LogP contribution in [0.15, 0.2) is 12.8 Å². The normalized spacial score (nSPS) is 10.0. The van der Waals surface area contributed by atoms with Gasteiger partial charge in [0.1, 0.15) is 0 Å². The monoisotopic (exact) mass is 169 g/mol. The van der Waals surface area contributed by atoms with Crippen molar-refractivity contribution >= 4 is 5.91 Å². The first kappa shape index (κ1) is 11.2. The van der Waals surface area contributed by atoms with Crippen molar-refractivity contribution in [2.45, 2.75) is 33.6 Å². The van der Waals surface area contributed by atoms with E-state index >= 15 is 0 Å². The van der Waals surface area contributed by atoms with Gasteiger partial charge in [-0.3, -0.25) is 4.79 Å². The number of hydrogen-bond acceptors (Lipinski definition) is 1. The van der Waals surface area contributed by atoms with Gasteiger partial charge in [-0.2, -0.15) is 0 Å². The van der Waals surface area contributed by atoms with Gasteiger partial charge in [-0.15, -0.1) is 0 Å². The van der Waals surface area contributed by atoms with Crippen LogP contribution in [0.5, 0.6) is 0 Å². The van der Waals surface area contributed by atoms with Crippen LogP contribution in [-0.4, -0.2) is 17.4 Å². The second-order valence-corrected chi connectivity index (χ2v) is 3.37. The number of carbonyl (C=O) groups excluding carboxylic acids is 1. The Morgan fingerprint density at radius 2 is 2.17 bits per heavy atom. The highest BCUT2D eigenvalue weighted by atomic mass is 16.2. The van der Waals surface area contributed by atoms with E-state index in [1.54, 1.807) is 11.1 Å². The van der Waals surface area contributed by atoms with Crippen LogP contribution >= 0.6 is 0 Å². The summed E-state index contributed by atoms with van der Waals surface area (Å²) < 4.78 is 0. The first-order chi connectivity index (χ1) is 5.61. The summed E-state index contributed by atoms with van der Waals surface area (Å²) in [6.45, 7) is 10.6. The van der Waals surface area contributed by atoms with Crippen molar-refractivity contribution < 1.29 is 4.79 Å². The van der Waals surface area contributed by atoms with Gasteiger partial charge in [-0.25, -0.2) is 0 Å². The summed E-state index contributed by atoms with van der Waals surface area (Å²) in [5.41, 5.74) is 0. The third-order valence-electron chi connectivity index (χ3n) is 1.57. The van der Waals surface area contributed by atoms with E-state index in [4.69, 9.17) is 0 Å². The van der Waals surface area contributed by atoms with Gasteiger partial charge in [0.05, 0.1) is 0 Å². The smallest absolute Gasteiger partial charge is 0.226 e. The Hall–Kier alpha value is -0.790. The third-order valence-corrected chi connectivity index (χ3v) is 1.57. The van der Waals surface area contributed by atoms with Crippen molar-refractivity contribution in [3.63, 3.8) is 0 Å². The van der Waals surface area contributed by atoms with Gasteiger partial charge in [0, 0.05) is 13.0 Å². The maximum Gasteiger partial charge on any atom is 0.226 e. The lowest BCUT2D eigenvalue weighted by atomic mass is 10.2. The standard InChI is InChI=1S/C10H19NO/c1-5-7-10(12)11(6-2)8-9(3)4/h6,9H,2,5,7-8H2,1,3-4H3. The number of rotatable bonds is 5. The molecule has 0 saturated heterocycles. The molecule has 2 nitrogen and oxygen atoms in total. The maximum atomic E-state index is 11.4. The van der Waals surface area contributed by atoms with E-state index in [-0.39, 0.29) is 5.91 Å². The van der Waals surface area contributed by atoms with Crippen LogP contribution < -0.4 is 0 Å². The number of amides is 1. The SMILES string of the molecule is C=CN(CC(C)C)C(=O)CCC. The van der Waals surface area contributed by atoms with Crippen molar-refractivity contribution in [3.8, 4) is 0 Å². The summed E-state index contributed by atoms with van der Waals surface area (Å²) in [6.07, 6.45) is 3.15. The Bertz CT molecular complexity index is 152. The molecule has 0 saturated carbocycles. The summed E-state index contributed by atoms with van der Waals surface area (Å²) in [5, 5.41) is 0. The van der Waals surface area contributed by atoms with Crippen LogP contribution in [-0.2, 0) is 4.79 Å². The van der Waals surface area contributed by atoms with Crippen LogP contribution in [0.3, 0.4) is 0 Å². The minimum absolute atomic E-state index is 0.182. The first-order valence-electron chi connectivity index (χ1n) is 4.53. The first-order valence-corrected chi connectivity index (χ1v) is 4.53. The molecule has 70 valence electrons. The molecule has 0 radical (unpaired) electrons. The summed E-state index contributed by atoms with van der Waals surface area (Å²) in [7, 11) is 0. The molecule has 2 heteroatoms. The molecule has 0 rings (SSSR count). The second kappa shape index (κ2) is 5.81. The molecule has 0 atom stereocenters. The molecule has 0 heterocycles. The average molecular weight is 169 g/mol. The average Bonchev–Trinajstić information content (AvgIpc) is 2.00. The van der Waals surface area contributed by atoms with Gasteiger partial charge in [-0.1, -0.05) is 27.4 Å². The Morgan fingerprint density at radius 1 is 1.58 bits per heavy atom. The van der Waals surface area contributed by atoms with Gasteiger partial charge in [0.15, 0.2) is 0 Å². The summed E-state index contributed by atoms with van der Waals surface area (Å²) in [5.74, 6) is 0.685. The molecule has 0 aliphatic carbocycles. The molecule has 0 bridgehead atoms. The molecule has 0 fully saturated rings. The summed E-state index contributed by atoms with van der Waals surface area (Å²) in [4.78, 5) is 13.1. The molecule has 0 aromatic carbocycles. The van der Waals surface area contributed by atoms with Crippen LogP contribution in [0.25, 0.3) is 0 Å². The van der Waals surface area contributed by atoms with E-state index in [1.807, 2.05) is 6.92 Å². The van der Waals surface area contributed by atoms with E-state index < -0.39 is 0 Å². The van der Waals surface area contributed by atoms with Gasteiger partial charge in [0.2, 0.25) is 5.91 Å². The van der Waals surface area contributed by atoms with Crippen molar-refractivity contribution in [1.29, 1.82) is 0 Å². The zero-order chi connectivity index (χ0) is 9.56. The molecule has 0 unspecified atom stereocenters. The molecular formula is C10H19NO. The van der Waals surface area contributed by atoms with Gasteiger partial charge >= 0.3 is 0 Å². The van der Waals surface area contributed by atoms with Gasteiger partial charge < -0.3 is 4.90 Å². The predicted octanol–water partition coefficient (Wildman–Crippen LogP) is 2.41. The molecule has 12 heavy (non-hydrogen) atoms. The Kier molecular flexibility index (Phi) is 5.43. The second-order valence-electron chi connectivity index (χ2n) is 3.37. The van der Waals surface area contributed by atoms with E-state index in [9.17, 15) is 4.79 Å². The molecule has 0 spiro atoms. The van der Waals surface area contributed by atoms with Crippen LogP contribution in [0.2, 0.25) is 0 Å². The minimum atomic E-state index is 0.182. The molecular weight excluding hydrogens is 150 g/mol. The van der Waals surface area contributed by atoms with Crippen LogP contribution in [0.1, 0.15) is 33.6 Å². The highest BCUT2D eigenvalue weighted by molar-refractivity contribution is 5.77. The maximum absolute atomic E-state index is 11.4. The Morgan fingerprint density at radius 3 is 2.50 bits per heavy atom. The van der Waals surface area contributed by atoms with Crippen molar-refractivity contribution in [3.05, 3.63) is 12.8 Å². The fourth-order valence-corrected chi connectivity index (χ4v) is 1.03. The van der Waals surface area contributed by atoms with E-state index in [1.165, 1.54) is 0 Å². The molecule has 0 aliphatic heterocycles. The zero-order valence-electron chi connectivity index (χ0n) is 8.34. The summed E-state index contributed by atoms with van der Waals surface area (Å²) in [6, 6.07) is 0. The Labute approximate surface area is 75.3 Å². The Balaban J connectivity index is 3.96. The van der Waals surface area contributed by atoms with Crippen LogP contribution in [0.4, 0.5) is 0 Å². The fraction of sp³-hybridized carbons (Fsp3) is 0.700. The highest BCUT2D eigenvalue weighted by Gasteiger charge is 2.09. The minimum Gasteiger partial charge on any atom is -0.319 e. The fourth-order valence-electron chi connectivity index (χ4n) is 1.03. The number of carbonyl (C=O) groups is 1. The largest absolute Gasteiger partial charge is 0.319 e. The lowest BCUT2D eigenvalue weighted by Crippen LogP contribution is -2.28. The van der Waals surface area contributed by atoms with Crippen molar-refractivity contribution in [2.75, 3.05) is 6.54 Å². The predicted molar refractivity (Wildman–Crippen MR) is 51.7 cm³/mol. The van der Waals surface area contributed by atoms with E-state index in [0.29, 0.717) is 12.3 Å². The molecule has 0 aliphatic rings. The lowest BCUT2D eigenvalue weighted by Gasteiger charge is -2.19. The van der Waals surface area contributed by atoms with Gasteiger partial charge in [0.25, 0.3) is 0 Å². The van der Waals surface area contributed by atoms with Crippen molar-refractivity contribution in [1.82, 2.24) is 4.90 Å². The lowest BCUT2D eigenvalue weighted by molar-refractivity contribution is -0.129. The zero-order valence-corrected chi connectivity index (χ0v) is 8.34. The number of hydrogen-bond donors (Lipinski definition) is 0. The van der Waals surface area contributed by atoms with E-state index in [0.717, 1.165) is 13.0 Å². The van der Waals surface area contributed by atoms with E-state index in [2.05, 4.69) is 20.4 Å². The van der Waals surface area contributed by atoms with Crippen molar-refractivity contribution in [2.24, 2.45) is 5.92 Å². The summed E-state index contributed by atoms with van der Waals surface area (Å²) >= 11 is 0. The highest BCUT2D eigenvalue weighted by Crippen LogP contribution is 2.02. The molecule has 0 aromatic heterocycles. The molecule has 0 aromatic rings. The quantitative estimate of drug-likeness (QED) is 0.619. The number of nitrogens with zero attached hydrogens (tertiary/aromatic N) is 1. The molecule has 1 amide bonds. The van der Waals surface area contributed by atoms with Crippen LogP contribution in [0, 0.1) is 5.92 Å². The molecule has 0 N–H and O–H groups in total. The topological polar surface area (TPSA) is 20.3 Å².